The van der Waals surface area contributed by atoms with E-state index in [1.807, 2.05) is 57.2 Å². The minimum Gasteiger partial charge on any atom is -0.396 e. The van der Waals surface area contributed by atoms with E-state index in [1.54, 1.807) is 23.7 Å². The van der Waals surface area contributed by atoms with E-state index in [9.17, 15) is 28.0 Å². The number of benzene rings is 2. The highest BCUT2D eigenvalue weighted by molar-refractivity contribution is 7.85. The molecular formula is C32H48N4O8S. The molecule has 0 aliphatic rings. The summed E-state index contributed by atoms with van der Waals surface area (Å²) in [6.07, 6.45) is 6.12. The molecule has 0 unspecified atom stereocenters. The van der Waals surface area contributed by atoms with Crippen LogP contribution in [0.4, 0.5) is 0 Å². The third-order valence-corrected chi connectivity index (χ3v) is 7.62. The summed E-state index contributed by atoms with van der Waals surface area (Å²) < 4.78 is 29.6. The second kappa shape index (κ2) is 20.4. The minimum absolute atomic E-state index is 0.0541. The van der Waals surface area contributed by atoms with E-state index in [0.29, 0.717) is 25.7 Å². The molecule has 0 saturated heterocycles. The monoisotopic (exact) mass is 648 g/mol. The molecule has 0 radical (unpaired) electrons. The standard InChI is InChI=1S/C25H40N4O5.C7H8O3S/c1-18(2)17-22(21(24(32)28-34)14-10-13-20-11-6-4-7-12-20)23(31)27-29(25(33)19(3)26)15-8-5-9-16-30;1-6-2-4-7(5-3-6)11(8,9)10/h4,6-7,10-13,18-19,21-22,30,34H,5,8-9,14-17,26H2,1-3H3,(H,27,31)(H,28,32);2-5H,1H3,(H,8,9,10)/b13-10+;/t19-,21+,22-;/m1./s1. The zero-order chi connectivity index (χ0) is 34.0. The summed E-state index contributed by atoms with van der Waals surface area (Å²) in [5.41, 5.74) is 12.0. The summed E-state index contributed by atoms with van der Waals surface area (Å²) in [6.45, 7) is 7.55. The Labute approximate surface area is 266 Å². The maximum absolute atomic E-state index is 13.3. The Bertz CT molecular complexity index is 1320. The van der Waals surface area contributed by atoms with E-state index in [4.69, 9.17) is 15.4 Å². The second-order valence-corrected chi connectivity index (χ2v) is 12.6. The first kappa shape index (κ1) is 39.4. The minimum atomic E-state index is -4.02. The molecule has 3 atom stereocenters. The van der Waals surface area contributed by atoms with Gasteiger partial charge in [-0.05, 0) is 69.6 Å². The number of aryl methyl sites for hydroxylation is 1. The number of rotatable bonds is 15. The van der Waals surface area contributed by atoms with E-state index < -0.39 is 45.7 Å². The lowest BCUT2D eigenvalue weighted by Gasteiger charge is -2.30. The number of carbonyl (C=O) groups is 3. The molecule has 2 aromatic rings. The molecule has 0 fully saturated rings. The first-order valence-corrected chi connectivity index (χ1v) is 16.3. The van der Waals surface area contributed by atoms with Crippen LogP contribution in [0.25, 0.3) is 6.08 Å². The first-order valence-electron chi connectivity index (χ1n) is 14.9. The number of nitrogens with one attached hydrogen (secondary N) is 2. The molecule has 0 saturated carbocycles. The van der Waals surface area contributed by atoms with Crippen LogP contribution in [0.5, 0.6) is 0 Å². The largest absolute Gasteiger partial charge is 0.396 e. The molecule has 3 amide bonds. The number of aliphatic hydroxyl groups is 1. The maximum Gasteiger partial charge on any atom is 0.294 e. The topological polar surface area (TPSA) is 199 Å². The number of hydrogen-bond acceptors (Lipinski definition) is 8. The number of hydroxylamine groups is 1. The van der Waals surface area contributed by atoms with E-state index in [1.165, 1.54) is 24.1 Å². The Kier molecular flexibility index (Phi) is 17.9. The molecule has 250 valence electrons. The van der Waals surface area contributed by atoms with E-state index >= 15 is 0 Å². The van der Waals surface area contributed by atoms with Crippen molar-refractivity contribution in [2.75, 3.05) is 13.2 Å². The molecule has 0 heterocycles. The van der Waals surface area contributed by atoms with Gasteiger partial charge < -0.3 is 10.8 Å². The van der Waals surface area contributed by atoms with Crippen LogP contribution in [0.15, 0.2) is 65.6 Å². The molecule has 0 aliphatic heterocycles. The highest BCUT2D eigenvalue weighted by Crippen LogP contribution is 2.26. The number of nitrogens with two attached hydrogens (primary N) is 1. The number of amides is 3. The van der Waals surface area contributed by atoms with Gasteiger partial charge >= 0.3 is 0 Å². The number of hydrogen-bond donors (Lipinski definition) is 6. The number of hydrazine groups is 1. The van der Waals surface area contributed by atoms with Crippen molar-refractivity contribution in [2.45, 2.75) is 70.7 Å². The van der Waals surface area contributed by atoms with Gasteiger partial charge in [-0.1, -0.05) is 74.0 Å². The quantitative estimate of drug-likeness (QED) is 0.0724. The van der Waals surface area contributed by atoms with Crippen molar-refractivity contribution in [3.8, 4) is 0 Å². The summed E-state index contributed by atoms with van der Waals surface area (Å²) in [5, 5.41) is 19.5. The van der Waals surface area contributed by atoms with Crippen molar-refractivity contribution in [3.63, 3.8) is 0 Å². The van der Waals surface area contributed by atoms with Crippen LogP contribution in [0, 0.1) is 24.7 Å². The fourth-order valence-electron chi connectivity index (χ4n) is 4.37. The summed E-state index contributed by atoms with van der Waals surface area (Å²) in [6, 6.07) is 14.7. The third-order valence-electron chi connectivity index (χ3n) is 6.75. The third kappa shape index (κ3) is 15.3. The van der Waals surface area contributed by atoms with Crippen LogP contribution in [0.3, 0.4) is 0 Å². The van der Waals surface area contributed by atoms with Crippen molar-refractivity contribution in [2.24, 2.45) is 23.5 Å². The van der Waals surface area contributed by atoms with Gasteiger partial charge in [0.25, 0.3) is 16.0 Å². The number of unbranched alkanes of at least 4 members (excludes halogenated alkanes) is 2. The van der Waals surface area contributed by atoms with Crippen LogP contribution >= 0.6 is 0 Å². The van der Waals surface area contributed by atoms with Gasteiger partial charge in [-0.15, -0.1) is 0 Å². The molecule has 45 heavy (non-hydrogen) atoms. The van der Waals surface area contributed by atoms with Crippen LogP contribution < -0.4 is 16.6 Å². The second-order valence-electron chi connectivity index (χ2n) is 11.2. The fraction of sp³-hybridized carbons (Fsp3) is 0.469. The number of aliphatic hydroxyl groups excluding tert-OH is 1. The smallest absolute Gasteiger partial charge is 0.294 e. The Morgan fingerprint density at radius 2 is 1.56 bits per heavy atom. The van der Waals surface area contributed by atoms with Gasteiger partial charge in [-0.3, -0.25) is 34.6 Å². The molecule has 0 aromatic heterocycles. The fourth-order valence-corrected chi connectivity index (χ4v) is 4.85. The normalized spacial score (nSPS) is 13.4. The Morgan fingerprint density at radius 3 is 2.07 bits per heavy atom. The van der Waals surface area contributed by atoms with Crippen molar-refractivity contribution in [3.05, 3.63) is 71.8 Å². The van der Waals surface area contributed by atoms with Crippen LogP contribution in [-0.4, -0.2) is 65.2 Å². The number of allylic oxidation sites excluding steroid dienone is 1. The average Bonchev–Trinajstić information content (AvgIpc) is 2.99. The van der Waals surface area contributed by atoms with E-state index in [2.05, 4.69) is 5.43 Å². The zero-order valence-corrected chi connectivity index (χ0v) is 27.2. The predicted molar refractivity (Wildman–Crippen MR) is 172 cm³/mol. The first-order chi connectivity index (χ1) is 21.2. The zero-order valence-electron chi connectivity index (χ0n) is 26.4. The van der Waals surface area contributed by atoms with Gasteiger partial charge in [-0.25, -0.2) is 5.48 Å². The van der Waals surface area contributed by atoms with Gasteiger partial charge in [0, 0.05) is 13.2 Å². The molecule has 2 aromatic carbocycles. The summed E-state index contributed by atoms with van der Waals surface area (Å²) >= 11 is 0. The Balaban J connectivity index is 0.000000768. The van der Waals surface area contributed by atoms with Gasteiger partial charge in [0.2, 0.25) is 11.8 Å². The molecule has 13 heteroatoms. The lowest BCUT2D eigenvalue weighted by Crippen LogP contribution is -2.54. The SMILES string of the molecule is CC(C)C[C@@H](C(=O)NN(CCCCCO)C(=O)[C@@H](C)N)[C@H](C/C=C/c1ccccc1)C(=O)NO.Cc1ccc(S(=O)(=O)O)cc1. The van der Waals surface area contributed by atoms with Crippen molar-refractivity contribution in [1.82, 2.24) is 15.9 Å². The van der Waals surface area contributed by atoms with Crippen LogP contribution in [-0.2, 0) is 24.5 Å². The van der Waals surface area contributed by atoms with Crippen molar-refractivity contribution in [1.29, 1.82) is 0 Å². The molecule has 7 N–H and O–H groups in total. The van der Waals surface area contributed by atoms with Crippen LogP contribution in [0.2, 0.25) is 0 Å². The maximum atomic E-state index is 13.3. The molecule has 0 spiro atoms. The average molecular weight is 649 g/mol. The van der Waals surface area contributed by atoms with Gasteiger partial charge in [0.05, 0.1) is 22.8 Å². The molecule has 0 bridgehead atoms. The predicted octanol–water partition coefficient (Wildman–Crippen LogP) is 3.49. The highest BCUT2D eigenvalue weighted by Gasteiger charge is 2.35. The summed E-state index contributed by atoms with van der Waals surface area (Å²) in [7, 11) is -4.02. The number of nitrogens with zero attached hydrogens (tertiary/aromatic N) is 1. The lowest BCUT2D eigenvalue weighted by molar-refractivity contribution is -0.147. The molecular weight excluding hydrogens is 600 g/mol. The van der Waals surface area contributed by atoms with E-state index in [0.717, 1.165) is 11.1 Å². The summed E-state index contributed by atoms with van der Waals surface area (Å²) in [4.78, 5) is 38.4. The number of carbonyl (C=O) groups excluding carboxylic acids is 3. The molecule has 0 aliphatic carbocycles. The van der Waals surface area contributed by atoms with Crippen LogP contribution in [0.1, 0.15) is 64.0 Å². The Hall–Kier alpha value is -3.62. The van der Waals surface area contributed by atoms with Crippen molar-refractivity contribution >= 4 is 33.9 Å². The molecule has 12 nitrogen and oxygen atoms in total. The highest BCUT2D eigenvalue weighted by atomic mass is 32.2. The van der Waals surface area contributed by atoms with Crippen molar-refractivity contribution < 1.29 is 37.7 Å². The Morgan fingerprint density at radius 1 is 0.933 bits per heavy atom. The van der Waals surface area contributed by atoms with Gasteiger partial charge in [-0.2, -0.15) is 8.42 Å². The molecule has 2 rings (SSSR count). The van der Waals surface area contributed by atoms with Gasteiger partial charge in [0.15, 0.2) is 0 Å². The lowest BCUT2D eigenvalue weighted by atomic mass is 9.82. The van der Waals surface area contributed by atoms with Gasteiger partial charge in [0.1, 0.15) is 0 Å². The summed E-state index contributed by atoms with van der Waals surface area (Å²) in [5.74, 6) is -3.11. The van der Waals surface area contributed by atoms with E-state index in [-0.39, 0.29) is 30.4 Å².